The molecular formula is C8H11F2N3. The summed E-state index contributed by atoms with van der Waals surface area (Å²) in [6, 6.07) is 0.0819. The molecule has 0 bridgehead atoms. The number of H-pyrrole nitrogens is 1. The summed E-state index contributed by atoms with van der Waals surface area (Å²) < 4.78 is 24.5. The summed E-state index contributed by atoms with van der Waals surface area (Å²) in [5.41, 5.74) is 7.25. The Kier molecular flexibility index (Phi) is 2.03. The van der Waals surface area contributed by atoms with Crippen molar-refractivity contribution in [2.45, 2.75) is 31.7 Å². The molecule has 2 rings (SSSR count). The number of alkyl halides is 2. The van der Waals surface area contributed by atoms with Gasteiger partial charge in [-0.2, -0.15) is 0 Å². The number of nitrogens with zero attached hydrogens (tertiary/aromatic N) is 1. The van der Waals surface area contributed by atoms with Gasteiger partial charge < -0.3 is 10.7 Å². The van der Waals surface area contributed by atoms with Gasteiger partial charge in [0.25, 0.3) is 6.43 Å². The highest BCUT2D eigenvalue weighted by molar-refractivity contribution is 5.19. The van der Waals surface area contributed by atoms with Gasteiger partial charge in [-0.05, 0) is 12.8 Å². The van der Waals surface area contributed by atoms with Crippen LogP contribution in [-0.4, -0.2) is 16.0 Å². The molecule has 1 aliphatic carbocycles. The summed E-state index contributed by atoms with van der Waals surface area (Å²) in [6.45, 7) is 0. The molecule has 0 amide bonds. The minimum atomic E-state index is -2.51. The molecule has 0 radical (unpaired) electrons. The summed E-state index contributed by atoms with van der Waals surface area (Å²) in [6.07, 6.45) is -0.336. The molecule has 1 aromatic heterocycles. The lowest BCUT2D eigenvalue weighted by atomic mass is 9.97. The molecule has 3 nitrogen and oxygen atoms in total. The van der Waals surface area contributed by atoms with Gasteiger partial charge in [-0.3, -0.25) is 0 Å². The van der Waals surface area contributed by atoms with Gasteiger partial charge in [0, 0.05) is 18.2 Å². The van der Waals surface area contributed by atoms with Crippen LogP contribution in [0, 0.1) is 0 Å². The van der Waals surface area contributed by atoms with Crippen LogP contribution in [0.1, 0.15) is 30.1 Å². The maximum Gasteiger partial charge on any atom is 0.295 e. The largest absolute Gasteiger partial charge is 0.341 e. The first kappa shape index (κ1) is 8.62. The summed E-state index contributed by atoms with van der Waals surface area (Å²) in [4.78, 5) is 6.45. The molecule has 1 aromatic rings. The lowest BCUT2D eigenvalue weighted by Gasteiger charge is -2.15. The van der Waals surface area contributed by atoms with Crippen LogP contribution in [0.25, 0.3) is 0 Å². The van der Waals surface area contributed by atoms with E-state index < -0.39 is 6.43 Å². The third kappa shape index (κ3) is 1.56. The molecule has 0 saturated carbocycles. The molecule has 1 unspecified atom stereocenters. The van der Waals surface area contributed by atoms with E-state index in [0.29, 0.717) is 12.8 Å². The molecule has 1 atom stereocenters. The van der Waals surface area contributed by atoms with Gasteiger partial charge in [0.1, 0.15) is 0 Å². The number of nitrogens with one attached hydrogen (secondary N) is 1. The topological polar surface area (TPSA) is 54.7 Å². The number of aromatic nitrogens is 2. The van der Waals surface area contributed by atoms with Gasteiger partial charge in [-0.1, -0.05) is 0 Å². The zero-order valence-electron chi connectivity index (χ0n) is 7.06. The molecule has 0 saturated heterocycles. The second-order valence-electron chi connectivity index (χ2n) is 3.35. The number of rotatable bonds is 1. The van der Waals surface area contributed by atoms with Crippen LogP contribution in [-0.2, 0) is 12.8 Å². The minimum absolute atomic E-state index is 0.0819. The van der Waals surface area contributed by atoms with E-state index in [1.807, 2.05) is 0 Å². The van der Waals surface area contributed by atoms with E-state index in [9.17, 15) is 8.78 Å². The predicted molar refractivity (Wildman–Crippen MR) is 43.5 cm³/mol. The second-order valence-corrected chi connectivity index (χ2v) is 3.35. The van der Waals surface area contributed by atoms with Crippen LogP contribution >= 0.6 is 0 Å². The van der Waals surface area contributed by atoms with E-state index >= 15 is 0 Å². The average molecular weight is 187 g/mol. The Hall–Kier alpha value is -0.970. The van der Waals surface area contributed by atoms with E-state index in [1.54, 1.807) is 0 Å². The fraction of sp³-hybridized carbons (Fsp3) is 0.625. The number of halogens is 2. The number of aryl methyl sites for hydroxylation is 1. The lowest BCUT2D eigenvalue weighted by molar-refractivity contribution is 0.141. The van der Waals surface area contributed by atoms with Crippen molar-refractivity contribution < 1.29 is 8.78 Å². The fourth-order valence-electron chi connectivity index (χ4n) is 1.63. The van der Waals surface area contributed by atoms with Gasteiger partial charge in [0.2, 0.25) is 0 Å². The van der Waals surface area contributed by atoms with Crippen molar-refractivity contribution in [2.75, 3.05) is 0 Å². The number of nitrogens with two attached hydrogens (primary N) is 1. The van der Waals surface area contributed by atoms with Gasteiger partial charge >= 0.3 is 0 Å². The first-order valence-electron chi connectivity index (χ1n) is 4.28. The zero-order chi connectivity index (χ0) is 9.42. The number of imidazole rings is 1. The van der Waals surface area contributed by atoms with E-state index in [2.05, 4.69) is 9.97 Å². The predicted octanol–water partition coefficient (Wildman–Crippen LogP) is 1.16. The average Bonchev–Trinajstić information content (AvgIpc) is 2.46. The van der Waals surface area contributed by atoms with Gasteiger partial charge in [-0.25, -0.2) is 13.8 Å². The minimum Gasteiger partial charge on any atom is -0.341 e. The Morgan fingerprint density at radius 3 is 3.00 bits per heavy atom. The van der Waals surface area contributed by atoms with Crippen molar-refractivity contribution in [3.8, 4) is 0 Å². The monoisotopic (exact) mass is 187 g/mol. The quantitative estimate of drug-likeness (QED) is 0.693. The summed E-state index contributed by atoms with van der Waals surface area (Å²) in [5.74, 6) is -0.223. The molecule has 72 valence electrons. The summed E-state index contributed by atoms with van der Waals surface area (Å²) >= 11 is 0. The van der Waals surface area contributed by atoms with E-state index in [4.69, 9.17) is 5.73 Å². The Bertz CT molecular complexity index is 308. The molecule has 1 heterocycles. The van der Waals surface area contributed by atoms with Crippen LogP contribution in [0.5, 0.6) is 0 Å². The standard InChI is InChI=1S/C8H11F2N3/c9-7(10)8-12-5-2-1-4(11)3-6(5)13-8/h4,7H,1-3,11H2,(H,12,13). The molecule has 0 spiro atoms. The van der Waals surface area contributed by atoms with E-state index in [1.165, 1.54) is 0 Å². The number of hydrogen-bond donors (Lipinski definition) is 2. The third-order valence-corrected chi connectivity index (χ3v) is 2.31. The Morgan fingerprint density at radius 1 is 1.54 bits per heavy atom. The smallest absolute Gasteiger partial charge is 0.295 e. The molecule has 0 aromatic carbocycles. The van der Waals surface area contributed by atoms with E-state index in [-0.39, 0.29) is 11.9 Å². The van der Waals surface area contributed by atoms with Crippen molar-refractivity contribution in [3.05, 3.63) is 17.2 Å². The van der Waals surface area contributed by atoms with Gasteiger partial charge in [-0.15, -0.1) is 0 Å². The highest BCUT2D eigenvalue weighted by Gasteiger charge is 2.22. The lowest BCUT2D eigenvalue weighted by Crippen LogP contribution is -2.27. The SMILES string of the molecule is NC1CCc2nc(C(F)F)[nH]c2C1. The van der Waals surface area contributed by atoms with Gasteiger partial charge in [0.05, 0.1) is 5.69 Å². The van der Waals surface area contributed by atoms with Gasteiger partial charge in [0.15, 0.2) is 5.82 Å². The van der Waals surface area contributed by atoms with Crippen LogP contribution in [0.2, 0.25) is 0 Å². The fourth-order valence-corrected chi connectivity index (χ4v) is 1.63. The number of fused-ring (bicyclic) bond motifs is 1. The van der Waals surface area contributed by atoms with Crippen molar-refractivity contribution >= 4 is 0 Å². The van der Waals surface area contributed by atoms with Crippen LogP contribution < -0.4 is 5.73 Å². The van der Waals surface area contributed by atoms with E-state index in [0.717, 1.165) is 17.8 Å². The Balaban J connectivity index is 2.28. The Morgan fingerprint density at radius 2 is 2.31 bits per heavy atom. The maximum atomic E-state index is 12.2. The van der Waals surface area contributed by atoms with Crippen molar-refractivity contribution in [1.82, 2.24) is 9.97 Å². The third-order valence-electron chi connectivity index (χ3n) is 2.31. The van der Waals surface area contributed by atoms with Crippen LogP contribution in [0.3, 0.4) is 0 Å². The molecule has 3 N–H and O–H groups in total. The zero-order valence-corrected chi connectivity index (χ0v) is 7.06. The second kappa shape index (κ2) is 3.06. The van der Waals surface area contributed by atoms with Crippen molar-refractivity contribution in [1.29, 1.82) is 0 Å². The highest BCUT2D eigenvalue weighted by Crippen LogP contribution is 2.22. The molecule has 0 aliphatic heterocycles. The van der Waals surface area contributed by atoms with Crippen LogP contribution in [0.15, 0.2) is 0 Å². The molecule has 1 aliphatic rings. The first-order valence-corrected chi connectivity index (χ1v) is 4.28. The Labute approximate surface area is 74.4 Å². The maximum absolute atomic E-state index is 12.2. The molecule has 0 fully saturated rings. The highest BCUT2D eigenvalue weighted by atomic mass is 19.3. The van der Waals surface area contributed by atoms with Crippen molar-refractivity contribution in [3.63, 3.8) is 0 Å². The molecule has 13 heavy (non-hydrogen) atoms. The molecular weight excluding hydrogens is 176 g/mol. The normalized spacial score (nSPS) is 22.0. The number of hydrogen-bond acceptors (Lipinski definition) is 2. The van der Waals surface area contributed by atoms with Crippen molar-refractivity contribution in [2.24, 2.45) is 5.73 Å². The molecule has 5 heteroatoms. The first-order chi connectivity index (χ1) is 6.16. The summed E-state index contributed by atoms with van der Waals surface area (Å²) in [7, 11) is 0. The summed E-state index contributed by atoms with van der Waals surface area (Å²) in [5, 5.41) is 0. The van der Waals surface area contributed by atoms with Crippen LogP contribution in [0.4, 0.5) is 8.78 Å². The number of aromatic amines is 1.